The third kappa shape index (κ3) is 5.29. The first kappa shape index (κ1) is 25.5. The number of carbonyl (C=O) groups excluding carboxylic acids is 2. The molecule has 194 valence electrons. The van der Waals surface area contributed by atoms with Crippen LogP contribution >= 0.6 is 11.6 Å². The van der Waals surface area contributed by atoms with Crippen molar-refractivity contribution in [2.75, 3.05) is 36.4 Å². The number of fused-ring (bicyclic) bond motifs is 1. The maximum absolute atomic E-state index is 12.9. The van der Waals surface area contributed by atoms with E-state index in [1.54, 1.807) is 42.5 Å². The van der Waals surface area contributed by atoms with Gasteiger partial charge < -0.3 is 19.5 Å². The van der Waals surface area contributed by atoms with Gasteiger partial charge in [0, 0.05) is 48.7 Å². The molecule has 1 aromatic heterocycles. The Hall–Kier alpha value is -4.10. The molecule has 2 heterocycles. The van der Waals surface area contributed by atoms with E-state index in [0.29, 0.717) is 59.2 Å². The van der Waals surface area contributed by atoms with Gasteiger partial charge in [-0.25, -0.2) is 4.79 Å². The van der Waals surface area contributed by atoms with Crippen LogP contribution in [0.4, 0.5) is 11.4 Å². The van der Waals surface area contributed by atoms with Gasteiger partial charge in [-0.3, -0.25) is 9.59 Å². The zero-order valence-electron chi connectivity index (χ0n) is 21.2. The van der Waals surface area contributed by atoms with Gasteiger partial charge in [0.15, 0.2) is 0 Å². The number of nitrogens with one attached hydrogen (secondary N) is 1. The maximum atomic E-state index is 12.9. The highest BCUT2D eigenvalue weighted by Gasteiger charge is 2.24. The normalized spacial score (nSPS) is 13.7. The van der Waals surface area contributed by atoms with E-state index in [1.807, 2.05) is 49.1 Å². The van der Waals surface area contributed by atoms with Gasteiger partial charge in [0.05, 0.1) is 16.3 Å². The molecule has 0 saturated carbocycles. The lowest BCUT2D eigenvalue weighted by Crippen LogP contribution is -2.50. The molecule has 0 atom stereocenters. The second-order valence-corrected chi connectivity index (χ2v) is 10.1. The number of anilines is 2. The van der Waals surface area contributed by atoms with Crippen LogP contribution in [0.5, 0.6) is 0 Å². The molecule has 1 fully saturated rings. The molecule has 1 saturated heterocycles. The molecule has 38 heavy (non-hydrogen) atoms. The van der Waals surface area contributed by atoms with E-state index >= 15 is 0 Å². The summed E-state index contributed by atoms with van der Waals surface area (Å²) in [5, 5.41) is 4.24. The predicted molar refractivity (Wildman–Crippen MR) is 151 cm³/mol. The Morgan fingerprint density at radius 2 is 1.63 bits per heavy atom. The number of hydrogen-bond acceptors (Lipinski definition) is 5. The van der Waals surface area contributed by atoms with Crippen LogP contribution in [0, 0.1) is 5.92 Å². The van der Waals surface area contributed by atoms with Gasteiger partial charge in [-0.1, -0.05) is 55.8 Å². The van der Waals surface area contributed by atoms with Crippen LogP contribution in [0.15, 0.2) is 82.0 Å². The molecule has 1 aliphatic heterocycles. The second kappa shape index (κ2) is 10.7. The van der Waals surface area contributed by atoms with Crippen LogP contribution in [0.1, 0.15) is 24.2 Å². The highest BCUT2D eigenvalue weighted by molar-refractivity contribution is 6.33. The van der Waals surface area contributed by atoms with Gasteiger partial charge in [-0.05, 0) is 48.0 Å². The van der Waals surface area contributed by atoms with Crippen molar-refractivity contribution >= 4 is 45.8 Å². The van der Waals surface area contributed by atoms with Crippen LogP contribution in [0.3, 0.4) is 0 Å². The summed E-state index contributed by atoms with van der Waals surface area (Å²) in [5.74, 6) is -0.128. The van der Waals surface area contributed by atoms with Gasteiger partial charge in [-0.2, -0.15) is 0 Å². The Kier molecular flexibility index (Phi) is 7.20. The molecule has 0 bridgehead atoms. The van der Waals surface area contributed by atoms with Crippen LogP contribution in [-0.2, 0) is 4.79 Å². The minimum atomic E-state index is -0.427. The van der Waals surface area contributed by atoms with Gasteiger partial charge in [0.25, 0.3) is 5.91 Å². The molecular weight excluding hydrogens is 502 g/mol. The maximum Gasteiger partial charge on any atom is 0.344 e. The summed E-state index contributed by atoms with van der Waals surface area (Å²) in [4.78, 5) is 41.6. The lowest BCUT2D eigenvalue weighted by atomic mass is 10.0. The summed E-state index contributed by atoms with van der Waals surface area (Å²) in [5.41, 5.74) is 3.12. The zero-order valence-corrected chi connectivity index (χ0v) is 22.0. The summed E-state index contributed by atoms with van der Waals surface area (Å²) < 4.78 is 5.43. The molecule has 5 rings (SSSR count). The molecule has 1 aliphatic rings. The second-order valence-electron chi connectivity index (χ2n) is 9.65. The average molecular weight is 530 g/mol. The van der Waals surface area contributed by atoms with Gasteiger partial charge in [-0.15, -0.1) is 0 Å². The number of hydrogen-bond donors (Lipinski definition) is 1. The zero-order chi connectivity index (χ0) is 26.8. The van der Waals surface area contributed by atoms with E-state index in [-0.39, 0.29) is 17.7 Å². The molecule has 0 spiro atoms. The van der Waals surface area contributed by atoms with Crippen molar-refractivity contribution in [2.24, 2.45) is 5.92 Å². The SMILES string of the molecule is CC(C)C(=O)N1CCN(c2ccc(NC(=O)c3ccc(-c4cc5ccccc5oc4=O)cc3)cc2Cl)CC1. The predicted octanol–water partition coefficient (Wildman–Crippen LogP) is 5.67. The molecular formula is C30H28ClN3O4. The molecule has 8 heteroatoms. The topological polar surface area (TPSA) is 82.9 Å². The molecule has 0 aliphatic carbocycles. The van der Waals surface area contributed by atoms with E-state index in [0.717, 1.165) is 11.1 Å². The smallest absolute Gasteiger partial charge is 0.344 e. The standard InChI is InChI=1S/C30H28ClN3O4/c1-19(2)29(36)34-15-13-33(14-16-34)26-12-11-23(18-25(26)31)32-28(35)21-9-7-20(8-10-21)24-17-22-5-3-4-6-27(22)38-30(24)37/h3-12,17-19H,13-16H2,1-2H3,(H,32,35). The quantitative estimate of drug-likeness (QED) is 0.337. The van der Waals surface area contributed by atoms with E-state index in [1.165, 1.54) is 0 Å². The Labute approximate surface area is 225 Å². The van der Waals surface area contributed by atoms with Gasteiger partial charge in [0.1, 0.15) is 5.58 Å². The number of amides is 2. The Bertz CT molecular complexity index is 1550. The van der Waals surface area contributed by atoms with Crippen LogP contribution in [-0.4, -0.2) is 42.9 Å². The molecule has 0 radical (unpaired) electrons. The fourth-order valence-corrected chi connectivity index (χ4v) is 4.94. The van der Waals surface area contributed by atoms with Crippen molar-refractivity contribution in [1.82, 2.24) is 4.90 Å². The number of para-hydroxylation sites is 1. The number of piperazine rings is 1. The first-order valence-electron chi connectivity index (χ1n) is 12.6. The van der Waals surface area contributed by atoms with Gasteiger partial charge >= 0.3 is 5.63 Å². The van der Waals surface area contributed by atoms with Crippen molar-refractivity contribution < 1.29 is 14.0 Å². The number of halogens is 1. The van der Waals surface area contributed by atoms with Crippen molar-refractivity contribution in [2.45, 2.75) is 13.8 Å². The van der Waals surface area contributed by atoms with E-state index in [9.17, 15) is 14.4 Å². The molecule has 7 nitrogen and oxygen atoms in total. The summed E-state index contributed by atoms with van der Waals surface area (Å²) in [6, 6.07) is 21.4. The molecule has 0 unspecified atom stereocenters. The van der Waals surface area contributed by atoms with Crippen LogP contribution in [0.2, 0.25) is 5.02 Å². The van der Waals surface area contributed by atoms with Crippen molar-refractivity contribution in [3.63, 3.8) is 0 Å². The first-order valence-corrected chi connectivity index (χ1v) is 13.0. The van der Waals surface area contributed by atoms with Crippen molar-refractivity contribution in [3.8, 4) is 11.1 Å². The monoisotopic (exact) mass is 529 g/mol. The van der Waals surface area contributed by atoms with E-state index in [4.69, 9.17) is 16.0 Å². The highest BCUT2D eigenvalue weighted by atomic mass is 35.5. The molecule has 1 N–H and O–H groups in total. The van der Waals surface area contributed by atoms with Crippen molar-refractivity contribution in [1.29, 1.82) is 0 Å². The molecule has 3 aromatic carbocycles. The summed E-state index contributed by atoms with van der Waals surface area (Å²) in [6.07, 6.45) is 0. The first-order chi connectivity index (χ1) is 18.3. The number of benzene rings is 3. The summed E-state index contributed by atoms with van der Waals surface area (Å²) in [7, 11) is 0. The molecule has 4 aromatic rings. The third-order valence-electron chi connectivity index (χ3n) is 6.73. The minimum Gasteiger partial charge on any atom is -0.422 e. The lowest BCUT2D eigenvalue weighted by Gasteiger charge is -2.37. The summed E-state index contributed by atoms with van der Waals surface area (Å²) in [6.45, 7) is 6.54. The van der Waals surface area contributed by atoms with E-state index in [2.05, 4.69) is 10.2 Å². The van der Waals surface area contributed by atoms with Crippen molar-refractivity contribution in [3.05, 3.63) is 93.8 Å². The minimum absolute atomic E-state index is 0.0115. The Morgan fingerprint density at radius 3 is 2.32 bits per heavy atom. The number of carbonyl (C=O) groups is 2. The van der Waals surface area contributed by atoms with Crippen LogP contribution < -0.4 is 15.8 Å². The lowest BCUT2D eigenvalue weighted by molar-refractivity contribution is -0.134. The Morgan fingerprint density at radius 1 is 0.921 bits per heavy atom. The fraction of sp³-hybridized carbons (Fsp3) is 0.233. The molecule has 2 amide bonds. The summed E-state index contributed by atoms with van der Waals surface area (Å²) >= 11 is 6.57. The largest absolute Gasteiger partial charge is 0.422 e. The average Bonchev–Trinajstić information content (AvgIpc) is 2.92. The fourth-order valence-electron chi connectivity index (χ4n) is 4.64. The highest BCUT2D eigenvalue weighted by Crippen LogP contribution is 2.30. The third-order valence-corrected chi connectivity index (χ3v) is 7.03. The van der Waals surface area contributed by atoms with Gasteiger partial charge in [0.2, 0.25) is 5.91 Å². The number of rotatable bonds is 5. The number of nitrogens with zero attached hydrogens (tertiary/aromatic N) is 2. The van der Waals surface area contributed by atoms with E-state index < -0.39 is 5.63 Å². The Balaban J connectivity index is 1.25. The van der Waals surface area contributed by atoms with Crippen LogP contribution in [0.25, 0.3) is 22.1 Å².